The Morgan fingerprint density at radius 1 is 0.967 bits per heavy atom. The van der Waals surface area contributed by atoms with Crippen LogP contribution in [0.15, 0.2) is 59.1 Å². The molecule has 2 aromatic carbocycles. The van der Waals surface area contributed by atoms with Crippen molar-refractivity contribution >= 4 is 0 Å². The molecule has 2 aromatic heterocycles. The van der Waals surface area contributed by atoms with Gasteiger partial charge < -0.3 is 9.52 Å². The van der Waals surface area contributed by atoms with E-state index in [-0.39, 0.29) is 5.75 Å². The number of benzene rings is 2. The highest BCUT2D eigenvalue weighted by molar-refractivity contribution is 5.64. The summed E-state index contributed by atoms with van der Waals surface area (Å²) in [6, 6.07) is 15.2. The van der Waals surface area contributed by atoms with Gasteiger partial charge in [-0.25, -0.2) is 4.98 Å². The van der Waals surface area contributed by atoms with Gasteiger partial charge in [-0.15, -0.1) is 10.2 Å². The fourth-order valence-electron chi connectivity index (χ4n) is 3.26. The number of hydrogen-bond acceptors (Lipinski definition) is 7. The van der Waals surface area contributed by atoms with Crippen LogP contribution in [-0.4, -0.2) is 37.2 Å². The van der Waals surface area contributed by atoms with Gasteiger partial charge in [0.05, 0.1) is 23.6 Å². The fourth-order valence-corrected chi connectivity index (χ4v) is 3.26. The lowest BCUT2D eigenvalue weighted by molar-refractivity contribution is 0.279. The zero-order valence-corrected chi connectivity index (χ0v) is 17.2. The average molecular weight is 401 g/mol. The number of aromatic hydroxyl groups is 1. The number of aryl methyl sites for hydroxylation is 2. The highest BCUT2D eigenvalue weighted by atomic mass is 16.4. The molecule has 152 valence electrons. The monoisotopic (exact) mass is 401 g/mol. The van der Waals surface area contributed by atoms with E-state index < -0.39 is 0 Å². The molecule has 0 amide bonds. The maximum absolute atomic E-state index is 10.4. The molecule has 0 atom stereocenters. The lowest BCUT2D eigenvalue weighted by atomic mass is 10.0. The molecule has 0 saturated carbocycles. The van der Waals surface area contributed by atoms with E-state index in [0.717, 1.165) is 33.8 Å². The first-order valence-electron chi connectivity index (χ1n) is 9.68. The van der Waals surface area contributed by atoms with Gasteiger partial charge in [-0.3, -0.25) is 9.88 Å². The second-order valence-corrected chi connectivity index (χ2v) is 7.33. The number of aromatic nitrogens is 4. The topological polar surface area (TPSA) is 88.2 Å². The summed E-state index contributed by atoms with van der Waals surface area (Å²) in [5.74, 6) is 1.25. The molecule has 0 bridgehead atoms. The molecule has 0 saturated heterocycles. The van der Waals surface area contributed by atoms with Gasteiger partial charge in [0.2, 0.25) is 11.8 Å². The van der Waals surface area contributed by atoms with Gasteiger partial charge in [0, 0.05) is 29.4 Å². The number of rotatable bonds is 6. The number of hydrogen-bond donors (Lipinski definition) is 1. The molecule has 4 aromatic rings. The van der Waals surface area contributed by atoms with Crippen LogP contribution in [0.2, 0.25) is 0 Å². The van der Waals surface area contributed by atoms with Crippen LogP contribution in [-0.2, 0) is 13.1 Å². The lowest BCUT2D eigenvalue weighted by Gasteiger charge is -2.16. The average Bonchev–Trinajstić information content (AvgIpc) is 3.20. The molecular formula is C23H23N5O2. The lowest BCUT2D eigenvalue weighted by Crippen LogP contribution is -2.17. The van der Waals surface area contributed by atoms with Crippen molar-refractivity contribution in [3.05, 3.63) is 77.6 Å². The molecule has 0 radical (unpaired) electrons. The molecule has 0 aliphatic heterocycles. The molecule has 0 fully saturated rings. The highest BCUT2D eigenvalue weighted by Gasteiger charge is 2.14. The van der Waals surface area contributed by atoms with E-state index in [1.54, 1.807) is 12.3 Å². The minimum absolute atomic E-state index is 0.236. The number of nitrogens with zero attached hydrogens (tertiary/aromatic N) is 5. The van der Waals surface area contributed by atoms with E-state index in [0.29, 0.717) is 24.9 Å². The summed E-state index contributed by atoms with van der Waals surface area (Å²) in [4.78, 5) is 11.0. The summed E-state index contributed by atoms with van der Waals surface area (Å²) >= 11 is 0. The molecule has 4 rings (SSSR count). The predicted octanol–water partition coefficient (Wildman–Crippen LogP) is 4.15. The predicted molar refractivity (Wildman–Crippen MR) is 114 cm³/mol. The largest absolute Gasteiger partial charge is 0.508 e. The maximum atomic E-state index is 10.4. The fraction of sp³-hybridized carbons (Fsp3) is 0.217. The first kappa shape index (κ1) is 19.7. The summed E-state index contributed by atoms with van der Waals surface area (Å²) in [6.45, 7) is 4.83. The van der Waals surface area contributed by atoms with E-state index in [4.69, 9.17) is 4.42 Å². The van der Waals surface area contributed by atoms with Crippen molar-refractivity contribution in [1.82, 2.24) is 25.1 Å². The Labute approximate surface area is 175 Å². The van der Waals surface area contributed by atoms with E-state index in [2.05, 4.69) is 20.2 Å². The molecule has 30 heavy (non-hydrogen) atoms. The summed E-state index contributed by atoms with van der Waals surface area (Å²) in [6.07, 6.45) is 1.75. The highest BCUT2D eigenvalue weighted by Crippen LogP contribution is 2.27. The van der Waals surface area contributed by atoms with Crippen molar-refractivity contribution in [3.8, 4) is 28.5 Å². The van der Waals surface area contributed by atoms with Gasteiger partial charge in [-0.1, -0.05) is 18.2 Å². The molecule has 7 heteroatoms. The normalized spacial score (nSPS) is 11.2. The van der Waals surface area contributed by atoms with E-state index in [1.165, 1.54) is 0 Å². The third-order valence-corrected chi connectivity index (χ3v) is 4.76. The van der Waals surface area contributed by atoms with Gasteiger partial charge in [0.1, 0.15) is 5.75 Å². The van der Waals surface area contributed by atoms with Crippen molar-refractivity contribution in [2.75, 3.05) is 7.05 Å². The SMILES string of the molecule is Cc1cnc(C)c(-c2ccc(O)c(CN(C)Cc3nnc(-c4ccccc4)o3)c2)n1. The van der Waals surface area contributed by atoms with Crippen molar-refractivity contribution < 1.29 is 9.52 Å². The quantitative estimate of drug-likeness (QED) is 0.519. The summed E-state index contributed by atoms with van der Waals surface area (Å²) in [5, 5.41) is 18.6. The van der Waals surface area contributed by atoms with Gasteiger partial charge >= 0.3 is 0 Å². The van der Waals surface area contributed by atoms with E-state index >= 15 is 0 Å². The van der Waals surface area contributed by atoms with Crippen molar-refractivity contribution in [1.29, 1.82) is 0 Å². The number of phenols is 1. The van der Waals surface area contributed by atoms with E-state index in [1.807, 2.05) is 68.3 Å². The van der Waals surface area contributed by atoms with Gasteiger partial charge in [-0.05, 0) is 51.2 Å². The Morgan fingerprint density at radius 2 is 1.77 bits per heavy atom. The van der Waals surface area contributed by atoms with Gasteiger partial charge in [0.25, 0.3) is 0 Å². The van der Waals surface area contributed by atoms with Crippen LogP contribution < -0.4 is 0 Å². The molecule has 1 N–H and O–H groups in total. The summed E-state index contributed by atoms with van der Waals surface area (Å²) in [5.41, 5.74) is 5.13. The van der Waals surface area contributed by atoms with Crippen LogP contribution in [0, 0.1) is 13.8 Å². The molecule has 0 aliphatic carbocycles. The van der Waals surface area contributed by atoms with Crippen LogP contribution in [0.1, 0.15) is 22.8 Å². The van der Waals surface area contributed by atoms with Crippen molar-refractivity contribution in [2.24, 2.45) is 0 Å². The Balaban J connectivity index is 1.50. The Morgan fingerprint density at radius 3 is 2.57 bits per heavy atom. The molecule has 0 aliphatic rings. The third-order valence-electron chi connectivity index (χ3n) is 4.76. The molecule has 7 nitrogen and oxygen atoms in total. The van der Waals surface area contributed by atoms with Crippen LogP contribution in [0.3, 0.4) is 0 Å². The summed E-state index contributed by atoms with van der Waals surface area (Å²) < 4.78 is 5.79. The Hall–Kier alpha value is -3.58. The minimum Gasteiger partial charge on any atom is -0.508 e. The second kappa shape index (κ2) is 8.42. The number of phenolic OH excluding ortho intramolecular Hbond substituents is 1. The van der Waals surface area contributed by atoms with Gasteiger partial charge in [-0.2, -0.15) is 0 Å². The minimum atomic E-state index is 0.236. The third kappa shape index (κ3) is 4.36. The van der Waals surface area contributed by atoms with Crippen molar-refractivity contribution in [3.63, 3.8) is 0 Å². The molecular weight excluding hydrogens is 378 g/mol. The Bertz CT molecular complexity index is 1160. The van der Waals surface area contributed by atoms with Gasteiger partial charge in [0.15, 0.2) is 0 Å². The molecule has 2 heterocycles. The maximum Gasteiger partial charge on any atom is 0.247 e. The zero-order valence-electron chi connectivity index (χ0n) is 17.2. The standard InChI is InChI=1S/C23H23N5O2/c1-15-12-24-16(2)22(25-15)18-9-10-20(29)19(11-18)13-28(3)14-21-26-27-23(30-21)17-7-5-4-6-8-17/h4-12,29H,13-14H2,1-3H3. The first-order chi connectivity index (χ1) is 14.5. The van der Waals surface area contributed by atoms with Crippen molar-refractivity contribution in [2.45, 2.75) is 26.9 Å². The first-order valence-corrected chi connectivity index (χ1v) is 9.68. The molecule has 0 spiro atoms. The zero-order chi connectivity index (χ0) is 21.1. The van der Waals surface area contributed by atoms with E-state index in [9.17, 15) is 5.11 Å². The second-order valence-electron chi connectivity index (χ2n) is 7.33. The van der Waals surface area contributed by atoms with Crippen LogP contribution in [0.5, 0.6) is 5.75 Å². The van der Waals surface area contributed by atoms with Crippen LogP contribution in [0.25, 0.3) is 22.7 Å². The summed E-state index contributed by atoms with van der Waals surface area (Å²) in [7, 11) is 1.94. The molecule has 0 unspecified atom stereocenters. The van der Waals surface area contributed by atoms with Crippen LogP contribution >= 0.6 is 0 Å². The smallest absolute Gasteiger partial charge is 0.247 e. The van der Waals surface area contributed by atoms with Crippen LogP contribution in [0.4, 0.5) is 0 Å². The Kier molecular flexibility index (Phi) is 5.54.